The number of hydrogen-bond acceptors (Lipinski definition) is 7. The van der Waals surface area contributed by atoms with E-state index in [1.54, 1.807) is 18.2 Å². The van der Waals surface area contributed by atoms with Crippen molar-refractivity contribution in [3.63, 3.8) is 0 Å². The normalized spacial score (nSPS) is 11.5. The van der Waals surface area contributed by atoms with Crippen molar-refractivity contribution in [3.8, 4) is 5.75 Å². The summed E-state index contributed by atoms with van der Waals surface area (Å²) < 4.78 is 3.71. The summed E-state index contributed by atoms with van der Waals surface area (Å²) in [6.07, 6.45) is 1.47. The average molecular weight is 358 g/mol. The highest BCUT2D eigenvalue weighted by Gasteiger charge is 2.18. The molecule has 0 amide bonds. The van der Waals surface area contributed by atoms with Gasteiger partial charge < -0.3 is 14.8 Å². The minimum Gasteiger partial charge on any atom is -0.508 e. The van der Waals surface area contributed by atoms with Gasteiger partial charge in [0.05, 0.1) is 12.8 Å². The molecule has 1 aromatic carbocycles. The third-order valence-electron chi connectivity index (χ3n) is 3.92. The minimum absolute atomic E-state index is 0.105. The van der Waals surface area contributed by atoms with Gasteiger partial charge >= 0.3 is 5.69 Å². The Bertz CT molecular complexity index is 1110. The Balaban J connectivity index is 2.07. The first kappa shape index (κ1) is 17.4. The Hall–Kier alpha value is -3.40. The van der Waals surface area contributed by atoms with Crippen LogP contribution in [0.2, 0.25) is 0 Å². The van der Waals surface area contributed by atoms with Crippen LogP contribution in [0.5, 0.6) is 5.75 Å². The number of phenols is 1. The highest BCUT2D eigenvalue weighted by molar-refractivity contribution is 5.81. The van der Waals surface area contributed by atoms with Crippen LogP contribution >= 0.6 is 0 Å². The molecule has 0 saturated heterocycles. The molecule has 2 aromatic heterocycles. The lowest BCUT2D eigenvalue weighted by Crippen LogP contribution is -2.37. The maximum absolute atomic E-state index is 12.5. The Morgan fingerprint density at radius 3 is 2.73 bits per heavy atom. The van der Waals surface area contributed by atoms with Gasteiger partial charge in [-0.05, 0) is 17.7 Å². The number of nitrogens with one attached hydrogen (secondary N) is 1. The summed E-state index contributed by atoms with van der Waals surface area (Å²) in [5.41, 5.74) is 2.76. The minimum atomic E-state index is -0.505. The molecule has 136 valence electrons. The van der Waals surface area contributed by atoms with E-state index in [0.717, 1.165) is 4.57 Å². The number of hydrogen-bond donors (Lipinski definition) is 3. The molecule has 0 bridgehead atoms. The molecule has 0 saturated carbocycles. The van der Waals surface area contributed by atoms with Gasteiger partial charge in [0.1, 0.15) is 5.75 Å². The number of aliphatic hydroxyl groups is 1. The van der Waals surface area contributed by atoms with Crippen molar-refractivity contribution in [2.24, 2.45) is 19.2 Å². The summed E-state index contributed by atoms with van der Waals surface area (Å²) >= 11 is 0. The number of aliphatic hydroxyl groups excluding tert-OH is 1. The Morgan fingerprint density at radius 2 is 2.04 bits per heavy atom. The number of phenolic OH excluding ortho intramolecular Hbond substituents is 1. The molecule has 0 radical (unpaired) electrons. The number of rotatable bonds is 5. The highest BCUT2D eigenvalue weighted by atomic mass is 16.3. The summed E-state index contributed by atoms with van der Waals surface area (Å²) in [4.78, 5) is 28.8. The van der Waals surface area contributed by atoms with Crippen LogP contribution in [-0.2, 0) is 20.6 Å². The Labute approximate surface area is 147 Å². The van der Waals surface area contributed by atoms with Gasteiger partial charge in [-0.1, -0.05) is 12.1 Å². The van der Waals surface area contributed by atoms with Gasteiger partial charge in [0.15, 0.2) is 11.2 Å². The first-order valence-electron chi connectivity index (χ1n) is 7.79. The molecule has 0 aliphatic rings. The van der Waals surface area contributed by atoms with E-state index in [9.17, 15) is 19.8 Å². The van der Waals surface area contributed by atoms with Crippen molar-refractivity contribution in [3.05, 3.63) is 50.7 Å². The van der Waals surface area contributed by atoms with Crippen molar-refractivity contribution < 1.29 is 10.2 Å². The van der Waals surface area contributed by atoms with E-state index in [0.29, 0.717) is 5.56 Å². The number of aromatic hydroxyl groups is 1. The third-order valence-corrected chi connectivity index (χ3v) is 3.92. The zero-order chi connectivity index (χ0) is 18.8. The lowest BCUT2D eigenvalue weighted by Gasteiger charge is -2.07. The molecule has 2 heterocycles. The molecule has 26 heavy (non-hydrogen) atoms. The van der Waals surface area contributed by atoms with Crippen LogP contribution in [0.25, 0.3) is 11.2 Å². The van der Waals surface area contributed by atoms with Crippen molar-refractivity contribution in [1.82, 2.24) is 18.7 Å². The molecule has 10 heteroatoms. The second-order valence-corrected chi connectivity index (χ2v) is 5.65. The smallest absolute Gasteiger partial charge is 0.332 e. The Morgan fingerprint density at radius 1 is 1.27 bits per heavy atom. The fourth-order valence-electron chi connectivity index (χ4n) is 2.62. The van der Waals surface area contributed by atoms with Gasteiger partial charge in [-0.3, -0.25) is 13.9 Å². The molecular weight excluding hydrogens is 340 g/mol. The Kier molecular flexibility index (Phi) is 4.59. The van der Waals surface area contributed by atoms with Crippen LogP contribution in [0.3, 0.4) is 0 Å². The first-order chi connectivity index (χ1) is 12.4. The fourth-order valence-corrected chi connectivity index (χ4v) is 2.62. The monoisotopic (exact) mass is 358 g/mol. The first-order valence-corrected chi connectivity index (χ1v) is 7.79. The van der Waals surface area contributed by atoms with E-state index in [1.807, 2.05) is 0 Å². The average Bonchev–Trinajstić information content (AvgIpc) is 2.97. The summed E-state index contributed by atoms with van der Waals surface area (Å²) in [7, 11) is 2.90. The zero-order valence-electron chi connectivity index (χ0n) is 14.2. The largest absolute Gasteiger partial charge is 0.508 e. The van der Waals surface area contributed by atoms with Crippen LogP contribution in [-0.4, -0.2) is 41.7 Å². The zero-order valence-corrected chi connectivity index (χ0v) is 14.2. The van der Waals surface area contributed by atoms with Crippen LogP contribution in [0.15, 0.2) is 39.0 Å². The third kappa shape index (κ3) is 2.97. The lowest BCUT2D eigenvalue weighted by atomic mass is 10.2. The molecule has 0 aliphatic carbocycles. The number of imidazole rings is 1. The van der Waals surface area contributed by atoms with Crippen LogP contribution < -0.4 is 16.7 Å². The number of hydrazone groups is 1. The van der Waals surface area contributed by atoms with Crippen molar-refractivity contribution in [2.75, 3.05) is 12.0 Å². The van der Waals surface area contributed by atoms with Crippen molar-refractivity contribution in [1.29, 1.82) is 0 Å². The number of benzene rings is 1. The van der Waals surface area contributed by atoms with Gasteiger partial charge in [-0.2, -0.15) is 10.1 Å². The summed E-state index contributed by atoms with van der Waals surface area (Å²) in [5, 5.41) is 22.8. The SMILES string of the molecule is Cn1c(=O)c2c(nc(N/N=C/c3cccc(O)c3)n2CCO)n(C)c1=O. The number of aryl methyl sites for hydroxylation is 1. The second kappa shape index (κ2) is 6.84. The van der Waals surface area contributed by atoms with Crippen LogP contribution in [0.1, 0.15) is 5.56 Å². The van der Waals surface area contributed by atoms with E-state index in [1.165, 1.54) is 35.5 Å². The molecule has 0 unspecified atom stereocenters. The summed E-state index contributed by atoms with van der Waals surface area (Å²) in [6, 6.07) is 6.50. The maximum atomic E-state index is 12.5. The molecule has 3 rings (SSSR count). The molecule has 0 atom stereocenters. The van der Waals surface area contributed by atoms with E-state index in [2.05, 4.69) is 15.5 Å². The number of nitrogens with zero attached hydrogens (tertiary/aromatic N) is 5. The highest BCUT2D eigenvalue weighted by Crippen LogP contribution is 2.15. The second-order valence-electron chi connectivity index (χ2n) is 5.65. The van der Waals surface area contributed by atoms with Crippen LogP contribution in [0, 0.1) is 0 Å². The maximum Gasteiger partial charge on any atom is 0.332 e. The number of anilines is 1. The van der Waals surface area contributed by atoms with Gasteiger partial charge in [0.25, 0.3) is 5.56 Å². The van der Waals surface area contributed by atoms with Gasteiger partial charge in [0, 0.05) is 20.6 Å². The summed E-state index contributed by atoms with van der Waals surface area (Å²) in [5.74, 6) is 0.323. The molecule has 3 aromatic rings. The standard InChI is InChI=1S/C16H18N6O4/c1-20-13-12(14(25)21(2)16(20)26)22(6-7-23)15(18-13)19-17-9-10-4-3-5-11(24)8-10/h3-5,8-9,23-24H,6-7H2,1-2H3,(H,18,19)/b17-9+. The summed E-state index contributed by atoms with van der Waals surface area (Å²) in [6.45, 7) is -0.115. The molecule has 10 nitrogen and oxygen atoms in total. The van der Waals surface area contributed by atoms with Crippen LogP contribution in [0.4, 0.5) is 5.95 Å². The number of fused-ring (bicyclic) bond motifs is 1. The number of aromatic nitrogens is 4. The van der Waals surface area contributed by atoms with E-state index in [4.69, 9.17) is 0 Å². The van der Waals surface area contributed by atoms with Gasteiger partial charge in [0.2, 0.25) is 5.95 Å². The molecule has 0 fully saturated rings. The molecule has 3 N–H and O–H groups in total. The molecule has 0 aliphatic heterocycles. The quantitative estimate of drug-likeness (QED) is 0.420. The lowest BCUT2D eigenvalue weighted by molar-refractivity contribution is 0.278. The molecule has 0 spiro atoms. The molecular formula is C16H18N6O4. The van der Waals surface area contributed by atoms with Crippen molar-refractivity contribution >= 4 is 23.3 Å². The van der Waals surface area contributed by atoms with Crippen molar-refractivity contribution in [2.45, 2.75) is 6.54 Å². The predicted octanol–water partition coefficient (Wildman–Crippen LogP) is -0.422. The fraction of sp³-hybridized carbons (Fsp3) is 0.250. The van der Waals surface area contributed by atoms with Gasteiger partial charge in [-0.15, -0.1) is 0 Å². The van der Waals surface area contributed by atoms with E-state index < -0.39 is 11.2 Å². The predicted molar refractivity (Wildman–Crippen MR) is 96.6 cm³/mol. The van der Waals surface area contributed by atoms with Gasteiger partial charge in [-0.25, -0.2) is 10.2 Å². The topological polar surface area (TPSA) is 127 Å². The van der Waals surface area contributed by atoms with E-state index >= 15 is 0 Å². The van der Waals surface area contributed by atoms with E-state index in [-0.39, 0.29) is 36.0 Å².